The molecule has 16 heavy (non-hydrogen) atoms. The summed E-state index contributed by atoms with van der Waals surface area (Å²) in [4.78, 5) is 0. The summed E-state index contributed by atoms with van der Waals surface area (Å²) < 4.78 is 0. The van der Waals surface area contributed by atoms with Crippen molar-refractivity contribution in [1.82, 2.24) is 0 Å². The minimum absolute atomic E-state index is 0.206. The van der Waals surface area contributed by atoms with E-state index in [1.165, 1.54) is 0 Å². The van der Waals surface area contributed by atoms with E-state index < -0.39 is 0 Å². The molecule has 1 unspecified atom stereocenters. The second-order valence-corrected chi connectivity index (χ2v) is 4.04. The number of nitriles is 1. The molecule has 0 bridgehead atoms. The Hall–Kier alpha value is -1.72. The van der Waals surface area contributed by atoms with Crippen LogP contribution in [0.1, 0.15) is 12.0 Å². The molecule has 0 heterocycles. The van der Waals surface area contributed by atoms with E-state index in [1.54, 1.807) is 24.3 Å². The normalized spacial score (nSPS) is 19.6. The van der Waals surface area contributed by atoms with Crippen molar-refractivity contribution in [3.05, 3.63) is 47.0 Å². The molecular formula is C13H10ClNO. The van der Waals surface area contributed by atoms with Crippen LogP contribution in [0.5, 0.6) is 5.75 Å². The lowest BCUT2D eigenvalue weighted by molar-refractivity contribution is 0.475. The highest BCUT2D eigenvalue weighted by Gasteiger charge is 2.20. The average Bonchev–Trinajstić information content (AvgIpc) is 2.30. The van der Waals surface area contributed by atoms with Gasteiger partial charge in [-0.2, -0.15) is 5.26 Å². The quantitative estimate of drug-likeness (QED) is 0.805. The van der Waals surface area contributed by atoms with Gasteiger partial charge in [0.2, 0.25) is 0 Å². The van der Waals surface area contributed by atoms with Crippen LogP contribution < -0.4 is 0 Å². The maximum Gasteiger partial charge on any atom is 0.115 e. The van der Waals surface area contributed by atoms with Gasteiger partial charge in [-0.3, -0.25) is 0 Å². The fourth-order valence-electron chi connectivity index (χ4n) is 1.78. The van der Waals surface area contributed by atoms with Crippen molar-refractivity contribution in [1.29, 1.82) is 5.26 Å². The van der Waals surface area contributed by atoms with Gasteiger partial charge >= 0.3 is 0 Å². The monoisotopic (exact) mass is 231 g/mol. The van der Waals surface area contributed by atoms with Crippen LogP contribution in [-0.2, 0) is 0 Å². The van der Waals surface area contributed by atoms with Crippen molar-refractivity contribution in [2.75, 3.05) is 0 Å². The van der Waals surface area contributed by atoms with Crippen LogP contribution in [0, 0.1) is 17.2 Å². The van der Waals surface area contributed by atoms with Gasteiger partial charge in [0, 0.05) is 5.03 Å². The summed E-state index contributed by atoms with van der Waals surface area (Å²) in [6, 6.07) is 8.98. The van der Waals surface area contributed by atoms with E-state index in [1.807, 2.05) is 12.2 Å². The molecule has 0 saturated heterocycles. The lowest BCUT2D eigenvalue weighted by atomic mass is 9.87. The summed E-state index contributed by atoms with van der Waals surface area (Å²) in [7, 11) is 0. The summed E-state index contributed by atoms with van der Waals surface area (Å²) >= 11 is 6.11. The Kier molecular flexibility index (Phi) is 2.98. The fraction of sp³-hybridized carbons (Fsp3) is 0.154. The molecule has 3 heteroatoms. The maximum absolute atomic E-state index is 9.22. The van der Waals surface area contributed by atoms with Crippen LogP contribution in [0.4, 0.5) is 0 Å². The molecular weight excluding hydrogens is 222 g/mol. The lowest BCUT2D eigenvalue weighted by Crippen LogP contribution is -2.04. The van der Waals surface area contributed by atoms with Crippen LogP contribution in [0.3, 0.4) is 0 Å². The Morgan fingerprint density at radius 2 is 2.00 bits per heavy atom. The molecule has 0 spiro atoms. The van der Waals surface area contributed by atoms with Gasteiger partial charge in [0.15, 0.2) is 0 Å². The second-order valence-electron chi connectivity index (χ2n) is 3.63. The number of allylic oxidation sites excluding steroid dienone is 4. The summed E-state index contributed by atoms with van der Waals surface area (Å²) in [5.74, 6) is 0.00220. The zero-order valence-electron chi connectivity index (χ0n) is 8.52. The molecule has 1 aliphatic carbocycles. The first kappa shape index (κ1) is 10.8. The standard InChI is InChI=1S/C13H10ClNO/c14-12-3-1-2-10(8-15)13(12)9-4-6-11(16)7-5-9/h1,3-7,10,16H,2H2. The molecule has 0 aliphatic heterocycles. The Balaban J connectivity index is 2.48. The van der Waals surface area contributed by atoms with Crippen molar-refractivity contribution < 1.29 is 5.11 Å². The third-order valence-corrected chi connectivity index (χ3v) is 2.91. The Morgan fingerprint density at radius 3 is 2.62 bits per heavy atom. The first-order valence-electron chi connectivity index (χ1n) is 4.97. The Labute approximate surface area is 99.1 Å². The van der Waals surface area contributed by atoms with Gasteiger partial charge in [-0.1, -0.05) is 29.8 Å². The number of phenols is 1. The molecule has 80 valence electrons. The van der Waals surface area contributed by atoms with E-state index >= 15 is 0 Å². The average molecular weight is 232 g/mol. The molecule has 0 fully saturated rings. The van der Waals surface area contributed by atoms with E-state index in [9.17, 15) is 5.11 Å². The lowest BCUT2D eigenvalue weighted by Gasteiger charge is -2.17. The zero-order chi connectivity index (χ0) is 11.5. The van der Waals surface area contributed by atoms with Crippen molar-refractivity contribution >= 4 is 17.2 Å². The molecule has 2 rings (SSSR count). The van der Waals surface area contributed by atoms with Crippen LogP contribution in [0.15, 0.2) is 41.4 Å². The van der Waals surface area contributed by atoms with Gasteiger partial charge < -0.3 is 5.11 Å². The minimum atomic E-state index is -0.206. The smallest absolute Gasteiger partial charge is 0.115 e. The van der Waals surface area contributed by atoms with E-state index in [2.05, 4.69) is 6.07 Å². The van der Waals surface area contributed by atoms with Crippen molar-refractivity contribution in [2.24, 2.45) is 5.92 Å². The predicted octanol–water partition coefficient (Wildman–Crippen LogP) is 3.44. The number of halogens is 1. The van der Waals surface area contributed by atoms with E-state index in [4.69, 9.17) is 16.9 Å². The first-order chi connectivity index (χ1) is 7.72. The highest BCUT2D eigenvalue weighted by molar-refractivity contribution is 6.34. The Morgan fingerprint density at radius 1 is 1.31 bits per heavy atom. The van der Waals surface area contributed by atoms with Crippen molar-refractivity contribution in [3.8, 4) is 11.8 Å². The topological polar surface area (TPSA) is 44.0 Å². The Bertz CT molecular complexity index is 494. The number of rotatable bonds is 1. The molecule has 1 aromatic carbocycles. The van der Waals surface area contributed by atoms with Crippen LogP contribution in [0.2, 0.25) is 0 Å². The largest absolute Gasteiger partial charge is 0.508 e. The molecule has 1 atom stereocenters. The summed E-state index contributed by atoms with van der Waals surface area (Å²) in [5, 5.41) is 18.9. The number of hydrogen-bond donors (Lipinski definition) is 1. The second kappa shape index (κ2) is 4.42. The molecule has 1 aliphatic rings. The van der Waals surface area contributed by atoms with Gasteiger partial charge in [-0.15, -0.1) is 0 Å². The summed E-state index contributed by atoms with van der Waals surface area (Å²) in [6.45, 7) is 0. The predicted molar refractivity (Wildman–Crippen MR) is 63.7 cm³/mol. The zero-order valence-corrected chi connectivity index (χ0v) is 9.28. The van der Waals surface area contributed by atoms with E-state index in [0.717, 1.165) is 11.1 Å². The summed E-state index contributed by atoms with van der Waals surface area (Å²) in [6.07, 6.45) is 4.40. The molecule has 1 aromatic rings. The van der Waals surface area contributed by atoms with E-state index in [-0.39, 0.29) is 11.7 Å². The molecule has 2 nitrogen and oxygen atoms in total. The van der Waals surface area contributed by atoms with Gasteiger partial charge in [-0.05, 0) is 35.8 Å². The third-order valence-electron chi connectivity index (χ3n) is 2.58. The third kappa shape index (κ3) is 1.95. The maximum atomic E-state index is 9.22. The molecule has 0 saturated carbocycles. The number of phenolic OH excluding ortho intramolecular Hbond substituents is 1. The number of benzene rings is 1. The highest BCUT2D eigenvalue weighted by Crippen LogP contribution is 2.35. The summed E-state index contributed by atoms with van der Waals surface area (Å²) in [5.41, 5.74) is 1.73. The SMILES string of the molecule is N#CC1CC=CC(Cl)=C1c1ccc(O)cc1. The molecule has 0 aromatic heterocycles. The van der Waals surface area contributed by atoms with Gasteiger partial charge in [0.25, 0.3) is 0 Å². The number of nitrogens with zero attached hydrogens (tertiary/aromatic N) is 1. The highest BCUT2D eigenvalue weighted by atomic mass is 35.5. The van der Waals surface area contributed by atoms with Gasteiger partial charge in [0.1, 0.15) is 5.75 Å². The van der Waals surface area contributed by atoms with Gasteiger partial charge in [-0.25, -0.2) is 0 Å². The van der Waals surface area contributed by atoms with Crippen molar-refractivity contribution in [3.63, 3.8) is 0 Å². The molecule has 0 radical (unpaired) electrons. The van der Waals surface area contributed by atoms with Crippen molar-refractivity contribution in [2.45, 2.75) is 6.42 Å². The van der Waals surface area contributed by atoms with Gasteiger partial charge in [0.05, 0.1) is 12.0 Å². The minimum Gasteiger partial charge on any atom is -0.508 e. The molecule has 0 amide bonds. The fourth-order valence-corrected chi connectivity index (χ4v) is 2.11. The number of hydrogen-bond acceptors (Lipinski definition) is 2. The van der Waals surface area contributed by atoms with Crippen LogP contribution >= 0.6 is 11.6 Å². The van der Waals surface area contributed by atoms with Crippen LogP contribution in [-0.4, -0.2) is 5.11 Å². The molecule has 1 N–H and O–H groups in total. The first-order valence-corrected chi connectivity index (χ1v) is 5.35. The van der Waals surface area contributed by atoms with Crippen LogP contribution in [0.25, 0.3) is 5.57 Å². The number of aromatic hydroxyl groups is 1. The van der Waals surface area contributed by atoms with E-state index in [0.29, 0.717) is 11.5 Å².